The van der Waals surface area contributed by atoms with Crippen molar-refractivity contribution in [3.05, 3.63) is 21.6 Å². The quantitative estimate of drug-likeness (QED) is 0.869. The van der Waals surface area contributed by atoms with E-state index < -0.39 is 0 Å². The molecule has 0 radical (unpaired) electrons. The number of aryl methyl sites for hydroxylation is 2. The van der Waals surface area contributed by atoms with Gasteiger partial charge in [-0.25, -0.2) is 9.78 Å². The van der Waals surface area contributed by atoms with Crippen molar-refractivity contribution in [3.8, 4) is 0 Å². The van der Waals surface area contributed by atoms with Gasteiger partial charge in [-0.2, -0.15) is 0 Å². The monoisotopic (exact) mass is 318 g/mol. The summed E-state index contributed by atoms with van der Waals surface area (Å²) >= 11 is 1.43. The molecule has 2 aromatic rings. The normalized spacial score (nSPS) is 14.1. The summed E-state index contributed by atoms with van der Waals surface area (Å²) in [5, 5.41) is 1.18. The summed E-state index contributed by atoms with van der Waals surface area (Å²) in [6.07, 6.45) is 6.27. The van der Waals surface area contributed by atoms with E-state index in [2.05, 4.69) is 11.9 Å². The summed E-state index contributed by atoms with van der Waals surface area (Å²) in [5.74, 6) is 0.416. The molecular formula is C17H22N2O2S. The molecule has 2 aromatic heterocycles. The van der Waals surface area contributed by atoms with Gasteiger partial charge in [-0.05, 0) is 55.7 Å². The Balaban J connectivity index is 2.26. The molecule has 0 amide bonds. The highest BCUT2D eigenvalue weighted by atomic mass is 32.1. The fourth-order valence-electron chi connectivity index (χ4n) is 3.33. The number of anilines is 1. The number of fused-ring (bicyclic) bond motifs is 3. The summed E-state index contributed by atoms with van der Waals surface area (Å²) in [6.45, 7) is 4.37. The van der Waals surface area contributed by atoms with Gasteiger partial charge in [0, 0.05) is 5.39 Å². The third-order valence-corrected chi connectivity index (χ3v) is 5.36. The van der Waals surface area contributed by atoms with Gasteiger partial charge in [0.15, 0.2) is 0 Å². The van der Waals surface area contributed by atoms with Crippen molar-refractivity contribution in [1.82, 2.24) is 4.98 Å². The number of nitrogens with zero attached hydrogens (tertiary/aromatic N) is 1. The van der Waals surface area contributed by atoms with Crippen molar-refractivity contribution in [2.45, 2.75) is 52.4 Å². The van der Waals surface area contributed by atoms with Crippen molar-refractivity contribution in [1.29, 1.82) is 0 Å². The maximum absolute atomic E-state index is 12.3. The average molecular weight is 318 g/mol. The van der Waals surface area contributed by atoms with Crippen LogP contribution in [0.2, 0.25) is 0 Å². The molecule has 1 aliphatic carbocycles. The number of hydrogen-bond acceptors (Lipinski definition) is 5. The molecule has 22 heavy (non-hydrogen) atoms. The Kier molecular flexibility index (Phi) is 4.34. The Morgan fingerprint density at radius 2 is 2.00 bits per heavy atom. The first kappa shape index (κ1) is 15.3. The van der Waals surface area contributed by atoms with Crippen LogP contribution in [0.5, 0.6) is 0 Å². The highest BCUT2D eigenvalue weighted by molar-refractivity contribution is 7.20. The molecule has 4 nitrogen and oxygen atoms in total. The van der Waals surface area contributed by atoms with E-state index in [4.69, 9.17) is 10.5 Å². The minimum Gasteiger partial charge on any atom is -0.462 e. The van der Waals surface area contributed by atoms with E-state index in [0.29, 0.717) is 17.3 Å². The summed E-state index contributed by atoms with van der Waals surface area (Å²) < 4.78 is 5.23. The third kappa shape index (κ3) is 2.47. The number of pyridine rings is 1. The first-order valence-electron chi connectivity index (χ1n) is 8.07. The lowest BCUT2D eigenvalue weighted by molar-refractivity contribution is 0.0531. The van der Waals surface area contributed by atoms with Gasteiger partial charge in [-0.15, -0.1) is 11.3 Å². The van der Waals surface area contributed by atoms with Crippen LogP contribution in [0.1, 0.15) is 59.5 Å². The summed E-state index contributed by atoms with van der Waals surface area (Å²) in [5.41, 5.74) is 9.79. The molecule has 5 heteroatoms. The summed E-state index contributed by atoms with van der Waals surface area (Å²) in [4.78, 5) is 18.5. The predicted octanol–water partition coefficient (Wildman–Crippen LogP) is 3.89. The van der Waals surface area contributed by atoms with Gasteiger partial charge in [-0.1, -0.05) is 13.3 Å². The van der Waals surface area contributed by atoms with E-state index in [1.54, 1.807) is 0 Å². The molecule has 118 valence electrons. The zero-order valence-electron chi connectivity index (χ0n) is 13.2. The Labute approximate surface area is 134 Å². The van der Waals surface area contributed by atoms with E-state index in [1.807, 2.05) is 6.92 Å². The number of nitrogen functional groups attached to an aromatic ring is 1. The third-order valence-electron chi connectivity index (χ3n) is 4.25. The molecular weight excluding hydrogens is 296 g/mol. The molecule has 0 fully saturated rings. The van der Waals surface area contributed by atoms with E-state index in [-0.39, 0.29) is 5.97 Å². The number of aromatic nitrogens is 1. The standard InChI is InChI=1S/C17H22N2O2S/c1-3-7-12-13-10-8-5-6-9-11(10)15(18)19-16(13)22-14(12)17(20)21-4-2/h3-9H2,1-2H3,(H2,18,19). The van der Waals surface area contributed by atoms with Gasteiger partial charge in [0.1, 0.15) is 15.5 Å². The van der Waals surface area contributed by atoms with Crippen LogP contribution in [-0.4, -0.2) is 17.6 Å². The van der Waals surface area contributed by atoms with Crippen molar-refractivity contribution < 1.29 is 9.53 Å². The summed E-state index contributed by atoms with van der Waals surface area (Å²) in [7, 11) is 0. The Morgan fingerprint density at radius 3 is 2.68 bits per heavy atom. The first-order chi connectivity index (χ1) is 10.7. The minimum absolute atomic E-state index is 0.225. The molecule has 0 atom stereocenters. The molecule has 2 N–H and O–H groups in total. The van der Waals surface area contributed by atoms with Crippen molar-refractivity contribution >= 4 is 33.3 Å². The van der Waals surface area contributed by atoms with Crippen LogP contribution in [-0.2, 0) is 24.0 Å². The zero-order valence-corrected chi connectivity index (χ0v) is 14.0. The topological polar surface area (TPSA) is 65.2 Å². The fraction of sp³-hybridized carbons (Fsp3) is 0.529. The number of carbonyl (C=O) groups is 1. The SMILES string of the molecule is CCCc1c(C(=O)OCC)sc2nc(N)c3c(c12)CCCC3. The van der Waals surface area contributed by atoms with Gasteiger partial charge < -0.3 is 10.5 Å². The smallest absolute Gasteiger partial charge is 0.348 e. The Hall–Kier alpha value is -1.62. The molecule has 0 saturated carbocycles. The second-order valence-electron chi connectivity index (χ2n) is 5.72. The lowest BCUT2D eigenvalue weighted by Crippen LogP contribution is -2.09. The number of rotatable bonds is 4. The van der Waals surface area contributed by atoms with Crippen LogP contribution in [0.15, 0.2) is 0 Å². The van der Waals surface area contributed by atoms with Gasteiger partial charge in [0.25, 0.3) is 0 Å². The molecule has 3 rings (SSSR count). The van der Waals surface area contributed by atoms with Gasteiger partial charge in [-0.3, -0.25) is 0 Å². The maximum Gasteiger partial charge on any atom is 0.348 e. The highest BCUT2D eigenvalue weighted by Gasteiger charge is 2.25. The van der Waals surface area contributed by atoms with E-state index in [1.165, 1.54) is 40.7 Å². The first-order valence-corrected chi connectivity index (χ1v) is 8.88. The average Bonchev–Trinajstić information content (AvgIpc) is 2.87. The maximum atomic E-state index is 12.3. The second kappa shape index (κ2) is 6.24. The van der Waals surface area contributed by atoms with Crippen LogP contribution >= 0.6 is 11.3 Å². The molecule has 2 heterocycles. The van der Waals surface area contributed by atoms with Gasteiger partial charge in [0.05, 0.1) is 6.61 Å². The van der Waals surface area contributed by atoms with Gasteiger partial charge >= 0.3 is 5.97 Å². The predicted molar refractivity (Wildman–Crippen MR) is 90.6 cm³/mol. The lowest BCUT2D eigenvalue weighted by atomic mass is 9.88. The second-order valence-corrected chi connectivity index (χ2v) is 6.72. The minimum atomic E-state index is -0.225. The van der Waals surface area contributed by atoms with E-state index >= 15 is 0 Å². The molecule has 0 saturated heterocycles. The number of thiophene rings is 1. The van der Waals surface area contributed by atoms with Crippen LogP contribution < -0.4 is 5.73 Å². The lowest BCUT2D eigenvalue weighted by Gasteiger charge is -2.19. The Morgan fingerprint density at radius 1 is 1.27 bits per heavy atom. The molecule has 0 aromatic carbocycles. The number of esters is 1. The van der Waals surface area contributed by atoms with Crippen LogP contribution in [0.4, 0.5) is 5.82 Å². The molecule has 0 bridgehead atoms. The highest BCUT2D eigenvalue weighted by Crippen LogP contribution is 2.39. The van der Waals surface area contributed by atoms with Gasteiger partial charge in [0.2, 0.25) is 0 Å². The molecule has 0 unspecified atom stereocenters. The number of ether oxygens (including phenoxy) is 1. The van der Waals surface area contributed by atoms with Crippen molar-refractivity contribution in [2.75, 3.05) is 12.3 Å². The van der Waals surface area contributed by atoms with Crippen molar-refractivity contribution in [2.24, 2.45) is 0 Å². The van der Waals surface area contributed by atoms with Crippen LogP contribution in [0.3, 0.4) is 0 Å². The molecule has 1 aliphatic rings. The number of carbonyl (C=O) groups excluding carboxylic acids is 1. The fourth-order valence-corrected chi connectivity index (χ4v) is 4.49. The number of nitrogens with two attached hydrogens (primary N) is 1. The molecule has 0 aliphatic heterocycles. The van der Waals surface area contributed by atoms with Crippen LogP contribution in [0, 0.1) is 0 Å². The number of hydrogen-bond donors (Lipinski definition) is 1. The van der Waals surface area contributed by atoms with E-state index in [9.17, 15) is 4.79 Å². The largest absolute Gasteiger partial charge is 0.462 e. The summed E-state index contributed by atoms with van der Waals surface area (Å²) in [6, 6.07) is 0. The molecule has 0 spiro atoms. The zero-order chi connectivity index (χ0) is 15.7. The van der Waals surface area contributed by atoms with Crippen molar-refractivity contribution in [3.63, 3.8) is 0 Å². The van der Waals surface area contributed by atoms with Crippen LogP contribution in [0.25, 0.3) is 10.2 Å². The Bertz CT molecular complexity index is 721. The van der Waals surface area contributed by atoms with E-state index in [0.717, 1.165) is 36.1 Å².